The van der Waals surface area contributed by atoms with Crippen LogP contribution in [0, 0.1) is 0 Å². The second-order valence-electron chi connectivity index (χ2n) is 4.63. The quantitative estimate of drug-likeness (QED) is 0.713. The molecule has 2 unspecified atom stereocenters. The molecule has 4 N–H and O–H groups in total. The zero-order valence-electron chi connectivity index (χ0n) is 9.52. The maximum atomic E-state index is 9.04. The first-order valence-electron chi connectivity index (χ1n) is 5.95. The predicted octanol–water partition coefficient (Wildman–Crippen LogP) is 1.15. The van der Waals surface area contributed by atoms with Gasteiger partial charge in [0.15, 0.2) is 0 Å². The van der Waals surface area contributed by atoms with Gasteiger partial charge < -0.3 is 16.2 Å². The van der Waals surface area contributed by atoms with E-state index in [-0.39, 0.29) is 6.61 Å². The van der Waals surface area contributed by atoms with Crippen molar-refractivity contribution in [3.63, 3.8) is 0 Å². The summed E-state index contributed by atoms with van der Waals surface area (Å²) in [7, 11) is 0. The third-order valence-corrected chi connectivity index (χ3v) is 3.24. The van der Waals surface area contributed by atoms with Crippen molar-refractivity contribution in [3.8, 4) is 0 Å². The van der Waals surface area contributed by atoms with Gasteiger partial charge in [-0.05, 0) is 30.4 Å². The zero-order valence-corrected chi connectivity index (χ0v) is 9.52. The van der Waals surface area contributed by atoms with Crippen LogP contribution in [0.1, 0.15) is 30.4 Å². The van der Waals surface area contributed by atoms with Gasteiger partial charge in [-0.25, -0.2) is 0 Å². The average molecular weight is 220 g/mol. The molecule has 2 rings (SSSR count). The van der Waals surface area contributed by atoms with Gasteiger partial charge >= 0.3 is 0 Å². The lowest BCUT2D eigenvalue weighted by Gasteiger charge is -2.12. The summed E-state index contributed by atoms with van der Waals surface area (Å²) in [5.74, 6) is 0. The molecule has 1 aliphatic rings. The fraction of sp³-hybridized carbons (Fsp3) is 0.538. The van der Waals surface area contributed by atoms with Crippen molar-refractivity contribution < 1.29 is 5.11 Å². The predicted molar refractivity (Wildman–Crippen MR) is 64.8 cm³/mol. The lowest BCUT2D eigenvalue weighted by molar-refractivity contribution is 0.281. The molecule has 0 aliphatic heterocycles. The first-order valence-corrected chi connectivity index (χ1v) is 5.95. The standard InChI is InChI=1S/C13H20N2O/c14-12-4-5-13(7-12)15-8-10-2-1-3-11(6-10)9-16/h1-3,6,12-13,15-16H,4-5,7-9,14H2. The summed E-state index contributed by atoms with van der Waals surface area (Å²) in [5, 5.41) is 12.6. The number of hydrogen-bond acceptors (Lipinski definition) is 3. The number of hydrogen-bond donors (Lipinski definition) is 3. The Morgan fingerprint density at radius 3 is 2.81 bits per heavy atom. The Kier molecular flexibility index (Phi) is 3.93. The van der Waals surface area contributed by atoms with Gasteiger partial charge in [0.1, 0.15) is 0 Å². The molecule has 88 valence electrons. The third kappa shape index (κ3) is 3.04. The molecule has 0 saturated heterocycles. The van der Waals surface area contributed by atoms with Crippen LogP contribution < -0.4 is 11.1 Å². The Labute approximate surface area is 96.7 Å². The van der Waals surface area contributed by atoms with E-state index in [1.807, 2.05) is 18.2 Å². The molecular formula is C13H20N2O. The van der Waals surface area contributed by atoms with E-state index in [4.69, 9.17) is 10.8 Å². The highest BCUT2D eigenvalue weighted by atomic mass is 16.3. The normalized spacial score (nSPS) is 24.9. The average Bonchev–Trinajstić information content (AvgIpc) is 2.73. The van der Waals surface area contributed by atoms with Crippen LogP contribution in [-0.4, -0.2) is 17.2 Å². The van der Waals surface area contributed by atoms with E-state index in [1.165, 1.54) is 12.0 Å². The van der Waals surface area contributed by atoms with Gasteiger partial charge in [-0.1, -0.05) is 24.3 Å². The molecule has 0 aromatic heterocycles. The molecule has 3 nitrogen and oxygen atoms in total. The Bertz CT molecular complexity index is 340. The van der Waals surface area contributed by atoms with Crippen LogP contribution in [0.2, 0.25) is 0 Å². The summed E-state index contributed by atoms with van der Waals surface area (Å²) in [6, 6.07) is 9.00. The summed E-state index contributed by atoms with van der Waals surface area (Å²) in [4.78, 5) is 0. The van der Waals surface area contributed by atoms with Gasteiger partial charge in [-0.2, -0.15) is 0 Å². The van der Waals surface area contributed by atoms with Crippen molar-refractivity contribution in [1.29, 1.82) is 0 Å². The van der Waals surface area contributed by atoms with Gasteiger partial charge in [0.05, 0.1) is 6.61 Å². The summed E-state index contributed by atoms with van der Waals surface area (Å²) in [5.41, 5.74) is 8.07. The van der Waals surface area contributed by atoms with Crippen LogP contribution in [0.5, 0.6) is 0 Å². The molecule has 0 amide bonds. The fourth-order valence-electron chi connectivity index (χ4n) is 2.30. The minimum absolute atomic E-state index is 0.113. The number of aliphatic hydroxyl groups excluding tert-OH is 1. The van der Waals surface area contributed by atoms with E-state index in [2.05, 4.69) is 11.4 Å². The molecule has 16 heavy (non-hydrogen) atoms. The van der Waals surface area contributed by atoms with Crippen molar-refractivity contribution in [1.82, 2.24) is 5.32 Å². The Morgan fingerprint density at radius 1 is 1.31 bits per heavy atom. The fourth-order valence-corrected chi connectivity index (χ4v) is 2.30. The topological polar surface area (TPSA) is 58.3 Å². The van der Waals surface area contributed by atoms with Crippen LogP contribution >= 0.6 is 0 Å². The molecule has 0 radical (unpaired) electrons. The van der Waals surface area contributed by atoms with E-state index in [1.54, 1.807) is 0 Å². The Balaban J connectivity index is 1.84. The van der Waals surface area contributed by atoms with Crippen LogP contribution in [0.4, 0.5) is 0 Å². The first kappa shape index (κ1) is 11.6. The van der Waals surface area contributed by atoms with Crippen molar-refractivity contribution in [3.05, 3.63) is 35.4 Å². The molecule has 2 atom stereocenters. The zero-order chi connectivity index (χ0) is 11.4. The number of nitrogens with one attached hydrogen (secondary N) is 1. The van der Waals surface area contributed by atoms with Crippen molar-refractivity contribution in [2.75, 3.05) is 0 Å². The highest BCUT2D eigenvalue weighted by Gasteiger charge is 2.20. The van der Waals surface area contributed by atoms with E-state index in [0.29, 0.717) is 12.1 Å². The highest BCUT2D eigenvalue weighted by molar-refractivity contribution is 5.22. The maximum absolute atomic E-state index is 9.04. The molecule has 1 fully saturated rings. The highest BCUT2D eigenvalue weighted by Crippen LogP contribution is 2.17. The smallest absolute Gasteiger partial charge is 0.0681 e. The third-order valence-electron chi connectivity index (χ3n) is 3.24. The van der Waals surface area contributed by atoms with E-state index < -0.39 is 0 Å². The minimum Gasteiger partial charge on any atom is -0.392 e. The Hall–Kier alpha value is -0.900. The van der Waals surface area contributed by atoms with Crippen molar-refractivity contribution in [2.24, 2.45) is 5.73 Å². The molecule has 1 aliphatic carbocycles. The minimum atomic E-state index is 0.113. The van der Waals surface area contributed by atoms with Gasteiger partial charge in [-0.15, -0.1) is 0 Å². The van der Waals surface area contributed by atoms with Crippen LogP contribution in [0.25, 0.3) is 0 Å². The van der Waals surface area contributed by atoms with E-state index >= 15 is 0 Å². The maximum Gasteiger partial charge on any atom is 0.0681 e. The Morgan fingerprint density at radius 2 is 2.12 bits per heavy atom. The van der Waals surface area contributed by atoms with Gasteiger partial charge in [0.2, 0.25) is 0 Å². The summed E-state index contributed by atoms with van der Waals surface area (Å²) in [6.45, 7) is 0.980. The largest absolute Gasteiger partial charge is 0.392 e. The molecule has 1 aromatic rings. The first-order chi connectivity index (χ1) is 7.78. The second kappa shape index (κ2) is 5.43. The molecule has 0 heterocycles. The van der Waals surface area contributed by atoms with E-state index in [0.717, 1.165) is 24.9 Å². The molecule has 0 bridgehead atoms. The van der Waals surface area contributed by atoms with Gasteiger partial charge in [-0.3, -0.25) is 0 Å². The van der Waals surface area contributed by atoms with Crippen LogP contribution in [0.15, 0.2) is 24.3 Å². The summed E-state index contributed by atoms with van der Waals surface area (Å²) < 4.78 is 0. The number of nitrogens with two attached hydrogens (primary N) is 1. The van der Waals surface area contributed by atoms with Crippen LogP contribution in [-0.2, 0) is 13.2 Å². The molecule has 3 heteroatoms. The molecular weight excluding hydrogens is 200 g/mol. The molecule has 0 spiro atoms. The van der Waals surface area contributed by atoms with Gasteiger partial charge in [0, 0.05) is 18.6 Å². The SMILES string of the molecule is NC1CCC(NCc2cccc(CO)c2)C1. The van der Waals surface area contributed by atoms with E-state index in [9.17, 15) is 0 Å². The lowest BCUT2D eigenvalue weighted by atomic mass is 10.1. The van der Waals surface area contributed by atoms with Crippen molar-refractivity contribution >= 4 is 0 Å². The summed E-state index contributed by atoms with van der Waals surface area (Å²) in [6.07, 6.45) is 3.40. The van der Waals surface area contributed by atoms with Crippen molar-refractivity contribution in [2.45, 2.75) is 44.5 Å². The number of aliphatic hydroxyl groups is 1. The number of benzene rings is 1. The monoisotopic (exact) mass is 220 g/mol. The van der Waals surface area contributed by atoms with Crippen LogP contribution in [0.3, 0.4) is 0 Å². The van der Waals surface area contributed by atoms with Gasteiger partial charge in [0.25, 0.3) is 0 Å². The second-order valence-corrected chi connectivity index (χ2v) is 4.63. The lowest BCUT2D eigenvalue weighted by Crippen LogP contribution is -2.27. The summed E-state index contributed by atoms with van der Waals surface area (Å²) >= 11 is 0. The number of rotatable bonds is 4. The molecule has 1 aromatic carbocycles. The molecule has 1 saturated carbocycles.